The Bertz CT molecular complexity index is 1300. The monoisotopic (exact) mass is 560 g/mol. The van der Waals surface area contributed by atoms with Crippen LogP contribution >= 0.6 is 11.3 Å². The molecule has 0 bridgehead atoms. The maximum Gasteiger partial charge on any atom is 0.336 e. The van der Waals surface area contributed by atoms with Gasteiger partial charge >= 0.3 is 5.97 Å². The molecule has 1 N–H and O–H groups in total. The molecule has 8 nitrogen and oxygen atoms in total. The molecule has 2 aliphatic rings. The second kappa shape index (κ2) is 12.8. The van der Waals surface area contributed by atoms with E-state index in [1.165, 1.54) is 11.8 Å². The van der Waals surface area contributed by atoms with Gasteiger partial charge in [-0.15, -0.1) is 11.3 Å². The van der Waals surface area contributed by atoms with E-state index in [0.29, 0.717) is 37.6 Å². The molecule has 0 saturated carbocycles. The summed E-state index contributed by atoms with van der Waals surface area (Å²) >= 11 is 1.61. The van der Waals surface area contributed by atoms with Gasteiger partial charge < -0.3 is 19.1 Å². The van der Waals surface area contributed by atoms with Crippen LogP contribution in [0.5, 0.6) is 11.5 Å². The summed E-state index contributed by atoms with van der Waals surface area (Å²) in [4.78, 5) is 16.1. The second-order valence-electron chi connectivity index (χ2n) is 9.38. The predicted octanol–water partition coefficient (Wildman–Crippen LogP) is 4.47. The first-order valence-electron chi connectivity index (χ1n) is 13.0. The van der Waals surface area contributed by atoms with E-state index in [0.717, 1.165) is 66.1 Å². The molecule has 4 rings (SSSR count). The summed E-state index contributed by atoms with van der Waals surface area (Å²) in [6, 6.07) is 8.16. The molecule has 2 aromatic rings. The molecule has 0 saturated heterocycles. The molecule has 3 heterocycles. The van der Waals surface area contributed by atoms with Crippen LogP contribution in [0.2, 0.25) is 0 Å². The lowest BCUT2D eigenvalue weighted by atomic mass is 9.90. The number of methoxy groups -OCH3 is 1. The fraction of sp³-hybridized carbons (Fsp3) is 0.464. The zero-order chi connectivity index (χ0) is 27.1. The third-order valence-electron chi connectivity index (χ3n) is 6.61. The van der Waals surface area contributed by atoms with Gasteiger partial charge in [0.2, 0.25) is 10.0 Å². The lowest BCUT2D eigenvalue weighted by Gasteiger charge is -2.37. The fourth-order valence-corrected chi connectivity index (χ4v) is 6.05. The van der Waals surface area contributed by atoms with Gasteiger partial charge in [0.25, 0.3) is 0 Å². The van der Waals surface area contributed by atoms with Crippen molar-refractivity contribution >= 4 is 38.6 Å². The number of esters is 1. The maximum absolute atomic E-state index is 12.8. The Hall–Kier alpha value is -2.82. The number of unbranched alkanes of at least 4 members (excludes halogenated alkanes) is 3. The molecular formula is C28H36N2O6S2. The summed E-state index contributed by atoms with van der Waals surface area (Å²) in [6.07, 6.45) is 7.70. The van der Waals surface area contributed by atoms with E-state index in [-0.39, 0.29) is 5.97 Å². The highest BCUT2D eigenvalue weighted by molar-refractivity contribution is 7.88. The Morgan fingerprint density at radius 3 is 2.68 bits per heavy atom. The van der Waals surface area contributed by atoms with Gasteiger partial charge in [-0.25, -0.2) is 17.9 Å². The van der Waals surface area contributed by atoms with Crippen LogP contribution in [-0.2, 0) is 26.0 Å². The molecule has 10 heteroatoms. The first-order chi connectivity index (χ1) is 18.3. The number of carbonyl (C=O) groups is 1. The number of thiophene rings is 1. The van der Waals surface area contributed by atoms with E-state index in [1.54, 1.807) is 18.4 Å². The standard InChI is InChI=1S/C28H36N2O6S2/c1-4-35-28(31)23-19-30-13-11-20-16-26(36-14-8-6-5-7-12-29-38(3,32)33)25(34-2)18-21(20)24(30)17-22(23)27-10-9-15-37-27/h9-10,15-18,29H,4-8,11-14,19H2,1-3H3. The summed E-state index contributed by atoms with van der Waals surface area (Å²) in [7, 11) is -1.47. The highest BCUT2D eigenvalue weighted by Gasteiger charge is 2.31. The van der Waals surface area contributed by atoms with Crippen molar-refractivity contribution in [1.82, 2.24) is 9.62 Å². The average Bonchev–Trinajstić information content (AvgIpc) is 3.43. The van der Waals surface area contributed by atoms with Gasteiger partial charge in [-0.05, 0) is 61.4 Å². The number of rotatable bonds is 13. The number of hydrogen-bond donors (Lipinski definition) is 1. The maximum atomic E-state index is 12.8. The zero-order valence-corrected chi connectivity index (χ0v) is 23.9. The molecule has 0 atom stereocenters. The van der Waals surface area contributed by atoms with Gasteiger partial charge in [-0.2, -0.15) is 0 Å². The number of ether oxygens (including phenoxy) is 3. The second-order valence-corrected chi connectivity index (χ2v) is 12.2. The Balaban J connectivity index is 1.48. The largest absolute Gasteiger partial charge is 0.493 e. The fourth-order valence-electron chi connectivity index (χ4n) is 4.76. The Morgan fingerprint density at radius 1 is 1.16 bits per heavy atom. The summed E-state index contributed by atoms with van der Waals surface area (Å²) in [5.74, 6) is 1.16. The Morgan fingerprint density at radius 2 is 1.97 bits per heavy atom. The van der Waals surface area contributed by atoms with Crippen LogP contribution in [0.3, 0.4) is 0 Å². The van der Waals surface area contributed by atoms with Crippen molar-refractivity contribution in [2.75, 3.05) is 46.2 Å². The molecule has 0 amide bonds. The molecule has 0 unspecified atom stereocenters. The van der Waals surface area contributed by atoms with E-state index < -0.39 is 10.0 Å². The summed E-state index contributed by atoms with van der Waals surface area (Å²) in [5, 5.41) is 2.02. The third kappa shape index (κ3) is 6.98. The van der Waals surface area contributed by atoms with Crippen molar-refractivity contribution in [1.29, 1.82) is 0 Å². The van der Waals surface area contributed by atoms with Crippen LogP contribution in [0.4, 0.5) is 0 Å². The number of benzene rings is 1. The van der Waals surface area contributed by atoms with Crippen LogP contribution in [0.25, 0.3) is 11.3 Å². The van der Waals surface area contributed by atoms with Gasteiger partial charge in [-0.1, -0.05) is 18.9 Å². The molecule has 1 aromatic carbocycles. The number of allylic oxidation sites excluding steroid dienone is 2. The van der Waals surface area contributed by atoms with Crippen LogP contribution in [0, 0.1) is 0 Å². The van der Waals surface area contributed by atoms with Crippen molar-refractivity contribution in [3.05, 3.63) is 57.3 Å². The quantitative estimate of drug-likeness (QED) is 0.285. The van der Waals surface area contributed by atoms with Crippen molar-refractivity contribution in [3.63, 3.8) is 0 Å². The molecule has 0 spiro atoms. The molecule has 1 aromatic heterocycles. The van der Waals surface area contributed by atoms with Gasteiger partial charge in [0, 0.05) is 34.8 Å². The molecule has 0 radical (unpaired) electrons. The van der Waals surface area contributed by atoms with Crippen molar-refractivity contribution in [2.24, 2.45) is 0 Å². The van der Waals surface area contributed by atoms with Crippen LogP contribution in [-0.4, -0.2) is 65.5 Å². The number of sulfonamides is 1. The lowest BCUT2D eigenvalue weighted by Crippen LogP contribution is -2.35. The number of hydrogen-bond acceptors (Lipinski definition) is 8. The molecule has 38 heavy (non-hydrogen) atoms. The topological polar surface area (TPSA) is 94.2 Å². The molecule has 0 aliphatic carbocycles. The summed E-state index contributed by atoms with van der Waals surface area (Å²) in [5.41, 5.74) is 4.98. The molecule has 2 aliphatic heterocycles. The minimum Gasteiger partial charge on any atom is -0.493 e. The molecular weight excluding hydrogens is 524 g/mol. The number of fused-ring (bicyclic) bond motifs is 3. The highest BCUT2D eigenvalue weighted by atomic mass is 32.2. The van der Waals surface area contributed by atoms with Crippen molar-refractivity contribution in [3.8, 4) is 11.5 Å². The number of carbonyl (C=O) groups excluding carboxylic acids is 1. The SMILES string of the molecule is CCOC(=O)C1=C(c2cccs2)C=C2c3cc(OC)c(OCCCCCCNS(C)(=O)=O)cc3CCN2C1. The minimum absolute atomic E-state index is 0.259. The third-order valence-corrected chi connectivity index (χ3v) is 8.25. The molecule has 206 valence electrons. The van der Waals surface area contributed by atoms with E-state index in [9.17, 15) is 13.2 Å². The summed E-state index contributed by atoms with van der Waals surface area (Å²) < 4.78 is 42.0. The van der Waals surface area contributed by atoms with Crippen molar-refractivity contribution < 1.29 is 27.4 Å². The lowest BCUT2D eigenvalue weighted by molar-refractivity contribution is -0.138. The highest BCUT2D eigenvalue weighted by Crippen LogP contribution is 2.42. The van der Waals surface area contributed by atoms with E-state index in [1.807, 2.05) is 30.5 Å². The first-order valence-corrected chi connectivity index (χ1v) is 15.8. The minimum atomic E-state index is -3.12. The first kappa shape index (κ1) is 28.2. The van der Waals surface area contributed by atoms with Crippen molar-refractivity contribution in [2.45, 2.75) is 39.0 Å². The van der Waals surface area contributed by atoms with Gasteiger partial charge in [-0.3, -0.25) is 0 Å². The van der Waals surface area contributed by atoms with Crippen LogP contribution in [0.1, 0.15) is 48.6 Å². The Kier molecular flexibility index (Phi) is 9.51. The zero-order valence-electron chi connectivity index (χ0n) is 22.2. The van der Waals surface area contributed by atoms with Gasteiger partial charge in [0.05, 0.1) is 38.7 Å². The van der Waals surface area contributed by atoms with Gasteiger partial charge in [0.1, 0.15) is 0 Å². The summed E-state index contributed by atoms with van der Waals surface area (Å²) in [6.45, 7) is 4.52. The predicted molar refractivity (Wildman–Crippen MR) is 151 cm³/mol. The van der Waals surface area contributed by atoms with Crippen LogP contribution in [0.15, 0.2) is 41.3 Å². The average molecular weight is 561 g/mol. The normalized spacial score (nSPS) is 15.0. The van der Waals surface area contributed by atoms with E-state index >= 15 is 0 Å². The van der Waals surface area contributed by atoms with Gasteiger partial charge in [0.15, 0.2) is 11.5 Å². The van der Waals surface area contributed by atoms with E-state index in [4.69, 9.17) is 14.2 Å². The molecule has 0 fully saturated rings. The number of nitrogens with zero attached hydrogens (tertiary/aromatic N) is 1. The number of nitrogens with one attached hydrogen (secondary N) is 1. The van der Waals surface area contributed by atoms with E-state index in [2.05, 4.69) is 21.8 Å². The Labute approximate surface area is 229 Å². The smallest absolute Gasteiger partial charge is 0.336 e. The van der Waals surface area contributed by atoms with Crippen LogP contribution < -0.4 is 14.2 Å².